The molecular formula is C12H16N4OS. The van der Waals surface area contributed by atoms with E-state index in [0.29, 0.717) is 10.6 Å². The zero-order valence-corrected chi connectivity index (χ0v) is 11.1. The molecule has 6 heteroatoms. The second-order valence-corrected chi connectivity index (χ2v) is 4.99. The molecule has 2 N–H and O–H groups in total. The molecule has 2 rings (SSSR count). The van der Waals surface area contributed by atoms with Crippen molar-refractivity contribution in [2.75, 3.05) is 13.1 Å². The summed E-state index contributed by atoms with van der Waals surface area (Å²) in [5.41, 5.74) is 0.559. The molecule has 0 aromatic carbocycles. The van der Waals surface area contributed by atoms with Crippen LogP contribution in [0.25, 0.3) is 10.6 Å². The van der Waals surface area contributed by atoms with E-state index in [0.717, 1.165) is 30.9 Å². The highest BCUT2D eigenvalue weighted by Gasteiger charge is 2.09. The molecule has 0 fully saturated rings. The third-order valence-corrected chi connectivity index (χ3v) is 3.48. The fraction of sp³-hybridized carbons (Fsp3) is 0.417. The zero-order chi connectivity index (χ0) is 12.8. The van der Waals surface area contributed by atoms with E-state index < -0.39 is 0 Å². The summed E-state index contributed by atoms with van der Waals surface area (Å²) in [5.74, 6) is 0. The third-order valence-electron chi connectivity index (χ3n) is 2.46. The van der Waals surface area contributed by atoms with Crippen LogP contribution in [0, 0.1) is 0 Å². The Balaban J connectivity index is 2.02. The molecule has 0 atom stereocenters. The molecule has 5 nitrogen and oxygen atoms in total. The Morgan fingerprint density at radius 2 is 2.28 bits per heavy atom. The fourth-order valence-electron chi connectivity index (χ4n) is 1.54. The molecule has 0 aliphatic heterocycles. The van der Waals surface area contributed by atoms with Gasteiger partial charge in [0.05, 0.1) is 5.56 Å². The molecule has 0 saturated heterocycles. The van der Waals surface area contributed by atoms with Crippen molar-refractivity contribution in [3.63, 3.8) is 0 Å². The van der Waals surface area contributed by atoms with Crippen LogP contribution in [-0.4, -0.2) is 28.3 Å². The molecule has 0 bridgehead atoms. The van der Waals surface area contributed by atoms with Crippen molar-refractivity contribution >= 4 is 11.3 Å². The normalized spacial score (nSPS) is 10.7. The second kappa shape index (κ2) is 6.42. The lowest BCUT2D eigenvalue weighted by Gasteiger charge is -1.98. The van der Waals surface area contributed by atoms with Crippen LogP contribution in [-0.2, 0) is 6.42 Å². The third kappa shape index (κ3) is 3.24. The lowest BCUT2D eigenvalue weighted by molar-refractivity contribution is 0.668. The van der Waals surface area contributed by atoms with Gasteiger partial charge in [0.1, 0.15) is 5.01 Å². The Hall–Kier alpha value is -1.53. The number of rotatable bonds is 6. The molecule has 0 aliphatic carbocycles. The van der Waals surface area contributed by atoms with E-state index in [1.54, 1.807) is 12.4 Å². The van der Waals surface area contributed by atoms with E-state index in [4.69, 9.17) is 0 Å². The topological polar surface area (TPSA) is 70.7 Å². The van der Waals surface area contributed by atoms with Crippen LogP contribution in [0.1, 0.15) is 18.4 Å². The van der Waals surface area contributed by atoms with Gasteiger partial charge in [0.15, 0.2) is 10.4 Å². The fourth-order valence-corrected chi connectivity index (χ4v) is 2.40. The van der Waals surface area contributed by atoms with Gasteiger partial charge < -0.3 is 10.3 Å². The maximum absolute atomic E-state index is 11.6. The summed E-state index contributed by atoms with van der Waals surface area (Å²) in [6, 6.07) is 1.50. The number of aromatic amines is 1. The minimum Gasteiger partial charge on any atom is -0.367 e. The summed E-state index contributed by atoms with van der Waals surface area (Å²) in [6.45, 7) is 4.05. The first kappa shape index (κ1) is 12.9. The molecule has 96 valence electrons. The molecule has 0 amide bonds. The lowest BCUT2D eigenvalue weighted by atomic mass is 10.3. The number of H-pyrrole nitrogens is 1. The van der Waals surface area contributed by atoms with E-state index in [9.17, 15) is 4.79 Å². The van der Waals surface area contributed by atoms with Gasteiger partial charge in [-0.25, -0.2) is 0 Å². The standard InChI is InChI=1S/C12H16N4OS/c1-2-5-13-7-4-11-15-16-12(18-11)9-8-14-6-3-10(9)17/h3,6,8,13H,2,4-5,7H2,1H3,(H,14,17). The minimum absolute atomic E-state index is 0.0273. The van der Waals surface area contributed by atoms with Crippen LogP contribution in [0.2, 0.25) is 0 Å². The summed E-state index contributed by atoms with van der Waals surface area (Å²) < 4.78 is 0. The van der Waals surface area contributed by atoms with E-state index in [2.05, 4.69) is 27.4 Å². The molecule has 0 saturated carbocycles. The Morgan fingerprint density at radius 1 is 1.39 bits per heavy atom. The average Bonchev–Trinajstić information content (AvgIpc) is 2.84. The SMILES string of the molecule is CCCNCCc1nnc(-c2c[nH]ccc2=O)s1. The molecule has 2 aromatic rings. The van der Waals surface area contributed by atoms with E-state index in [1.807, 2.05) is 0 Å². The number of hydrogen-bond acceptors (Lipinski definition) is 5. The molecular weight excluding hydrogens is 248 g/mol. The summed E-state index contributed by atoms with van der Waals surface area (Å²) in [4.78, 5) is 14.5. The smallest absolute Gasteiger partial charge is 0.191 e. The number of aromatic nitrogens is 3. The highest BCUT2D eigenvalue weighted by Crippen LogP contribution is 2.19. The number of pyridine rings is 1. The Kier molecular flexibility index (Phi) is 4.60. The number of nitrogens with one attached hydrogen (secondary N) is 2. The maximum atomic E-state index is 11.6. The van der Waals surface area contributed by atoms with Gasteiger partial charge in [0.2, 0.25) is 0 Å². The molecule has 18 heavy (non-hydrogen) atoms. The van der Waals surface area contributed by atoms with Crippen molar-refractivity contribution in [1.29, 1.82) is 0 Å². The predicted molar refractivity (Wildman–Crippen MR) is 72.8 cm³/mol. The summed E-state index contributed by atoms with van der Waals surface area (Å²) >= 11 is 1.48. The second-order valence-electron chi connectivity index (χ2n) is 3.92. The van der Waals surface area contributed by atoms with Crippen LogP contribution >= 0.6 is 11.3 Å². The Bertz CT molecular complexity index is 549. The maximum Gasteiger partial charge on any atom is 0.191 e. The van der Waals surface area contributed by atoms with Crippen LogP contribution in [0.15, 0.2) is 23.3 Å². The van der Waals surface area contributed by atoms with Gasteiger partial charge >= 0.3 is 0 Å². The van der Waals surface area contributed by atoms with E-state index in [1.165, 1.54) is 17.4 Å². The lowest BCUT2D eigenvalue weighted by Crippen LogP contribution is -2.17. The number of hydrogen-bond donors (Lipinski definition) is 2. The van der Waals surface area contributed by atoms with Crippen molar-refractivity contribution in [2.45, 2.75) is 19.8 Å². The Morgan fingerprint density at radius 3 is 3.06 bits per heavy atom. The highest BCUT2D eigenvalue weighted by atomic mass is 32.1. The van der Waals surface area contributed by atoms with Crippen molar-refractivity contribution in [3.05, 3.63) is 33.7 Å². The van der Waals surface area contributed by atoms with E-state index in [-0.39, 0.29) is 5.43 Å². The van der Waals surface area contributed by atoms with Gasteiger partial charge in [0, 0.05) is 31.4 Å². The van der Waals surface area contributed by atoms with Gasteiger partial charge in [-0.1, -0.05) is 18.3 Å². The van der Waals surface area contributed by atoms with Crippen molar-refractivity contribution in [1.82, 2.24) is 20.5 Å². The van der Waals surface area contributed by atoms with Crippen molar-refractivity contribution in [2.24, 2.45) is 0 Å². The van der Waals surface area contributed by atoms with Gasteiger partial charge in [0.25, 0.3) is 0 Å². The quantitative estimate of drug-likeness (QED) is 0.774. The first-order valence-corrected chi connectivity index (χ1v) is 6.83. The molecule has 2 heterocycles. The largest absolute Gasteiger partial charge is 0.367 e. The average molecular weight is 264 g/mol. The minimum atomic E-state index is -0.0273. The van der Waals surface area contributed by atoms with Crippen molar-refractivity contribution < 1.29 is 0 Å². The van der Waals surface area contributed by atoms with Crippen LogP contribution in [0.4, 0.5) is 0 Å². The first-order chi connectivity index (χ1) is 8.81. The highest BCUT2D eigenvalue weighted by molar-refractivity contribution is 7.14. The molecule has 0 unspecified atom stereocenters. The number of nitrogens with zero attached hydrogens (tertiary/aromatic N) is 2. The van der Waals surface area contributed by atoms with Gasteiger partial charge in [-0.2, -0.15) is 0 Å². The van der Waals surface area contributed by atoms with Crippen molar-refractivity contribution in [3.8, 4) is 10.6 Å². The van der Waals surface area contributed by atoms with Crippen LogP contribution in [0.5, 0.6) is 0 Å². The predicted octanol–water partition coefficient (Wildman–Crippen LogP) is 1.44. The Labute approximate surface area is 109 Å². The molecule has 0 spiro atoms. The monoisotopic (exact) mass is 264 g/mol. The first-order valence-electron chi connectivity index (χ1n) is 6.02. The summed E-state index contributed by atoms with van der Waals surface area (Å²) in [5, 5.41) is 13.1. The van der Waals surface area contributed by atoms with Gasteiger partial charge in [-0.05, 0) is 13.0 Å². The molecule has 0 radical (unpaired) electrons. The molecule has 0 aliphatic rings. The van der Waals surface area contributed by atoms with Crippen LogP contribution in [0.3, 0.4) is 0 Å². The molecule has 2 aromatic heterocycles. The van der Waals surface area contributed by atoms with Gasteiger partial charge in [-0.15, -0.1) is 10.2 Å². The van der Waals surface area contributed by atoms with Gasteiger partial charge in [-0.3, -0.25) is 4.79 Å². The summed E-state index contributed by atoms with van der Waals surface area (Å²) in [7, 11) is 0. The van der Waals surface area contributed by atoms with Crippen LogP contribution < -0.4 is 10.7 Å². The van der Waals surface area contributed by atoms with E-state index >= 15 is 0 Å². The summed E-state index contributed by atoms with van der Waals surface area (Å²) in [6.07, 6.45) is 5.26. The zero-order valence-electron chi connectivity index (χ0n) is 10.3.